The van der Waals surface area contributed by atoms with Gasteiger partial charge in [0.25, 0.3) is 5.91 Å². The molecule has 2 aromatic heterocycles. The second-order valence-corrected chi connectivity index (χ2v) is 5.47. The van der Waals surface area contributed by atoms with Crippen LogP contribution >= 0.6 is 0 Å². The predicted octanol–water partition coefficient (Wildman–Crippen LogP) is 2.57. The molecule has 1 aliphatic carbocycles. The van der Waals surface area contributed by atoms with E-state index in [-0.39, 0.29) is 5.91 Å². The fraction of sp³-hybridized carbons (Fsp3) is 0.533. The number of fused-ring (bicyclic) bond motifs is 1. The van der Waals surface area contributed by atoms with Crippen molar-refractivity contribution in [3.05, 3.63) is 30.2 Å². The summed E-state index contributed by atoms with van der Waals surface area (Å²) in [5.74, 6) is -0.0823. The van der Waals surface area contributed by atoms with Crippen molar-refractivity contribution in [3.63, 3.8) is 0 Å². The third-order valence-electron chi connectivity index (χ3n) is 3.91. The molecule has 0 bridgehead atoms. The Kier molecular flexibility index (Phi) is 3.95. The molecule has 0 aliphatic heterocycles. The molecule has 3 rings (SSSR count). The molecule has 0 aromatic carbocycles. The van der Waals surface area contributed by atoms with Crippen molar-refractivity contribution in [2.45, 2.75) is 51.0 Å². The van der Waals surface area contributed by atoms with Crippen LogP contribution in [0.5, 0.6) is 0 Å². The molecule has 0 atom stereocenters. The van der Waals surface area contributed by atoms with E-state index in [1.54, 1.807) is 29.0 Å². The first-order chi connectivity index (χ1) is 9.83. The highest BCUT2D eigenvalue weighted by Gasteiger charge is 2.17. The maximum Gasteiger partial charge on any atom is 0.272 e. The predicted molar refractivity (Wildman–Crippen MR) is 76.6 cm³/mol. The monoisotopic (exact) mass is 272 g/mol. The van der Waals surface area contributed by atoms with Crippen molar-refractivity contribution >= 4 is 11.6 Å². The summed E-state index contributed by atoms with van der Waals surface area (Å²) in [7, 11) is 0. The number of carbonyl (C=O) groups is 1. The number of hydrogen-bond donors (Lipinski definition) is 1. The van der Waals surface area contributed by atoms with Gasteiger partial charge in [-0.25, -0.2) is 9.50 Å². The highest BCUT2D eigenvalue weighted by atomic mass is 16.2. The Labute approximate surface area is 118 Å². The lowest BCUT2D eigenvalue weighted by Gasteiger charge is -2.20. The quantitative estimate of drug-likeness (QED) is 0.914. The van der Waals surface area contributed by atoms with Crippen LogP contribution in [-0.2, 0) is 0 Å². The van der Waals surface area contributed by atoms with Crippen LogP contribution in [-0.4, -0.2) is 26.5 Å². The number of aromatic nitrogens is 3. The van der Waals surface area contributed by atoms with E-state index in [1.165, 1.54) is 32.1 Å². The summed E-state index contributed by atoms with van der Waals surface area (Å²) in [6.45, 7) is 0. The van der Waals surface area contributed by atoms with Gasteiger partial charge in [-0.1, -0.05) is 32.1 Å². The minimum Gasteiger partial charge on any atom is -0.348 e. The molecule has 0 spiro atoms. The molecule has 5 nitrogen and oxygen atoms in total. The molecule has 5 heteroatoms. The van der Waals surface area contributed by atoms with E-state index in [4.69, 9.17) is 0 Å². The van der Waals surface area contributed by atoms with Crippen molar-refractivity contribution in [2.24, 2.45) is 0 Å². The van der Waals surface area contributed by atoms with Crippen LogP contribution in [0.3, 0.4) is 0 Å². The van der Waals surface area contributed by atoms with Gasteiger partial charge in [-0.05, 0) is 18.9 Å². The minimum absolute atomic E-state index is 0.0823. The Balaban J connectivity index is 1.68. The Morgan fingerprint density at radius 1 is 1.20 bits per heavy atom. The van der Waals surface area contributed by atoms with Gasteiger partial charge in [0.2, 0.25) is 0 Å². The van der Waals surface area contributed by atoms with E-state index in [0.29, 0.717) is 17.4 Å². The zero-order chi connectivity index (χ0) is 13.8. The normalized spacial score (nSPS) is 17.6. The van der Waals surface area contributed by atoms with Gasteiger partial charge in [-0.3, -0.25) is 4.79 Å². The molecular formula is C15H20N4O. The fourth-order valence-electron chi connectivity index (χ4n) is 2.80. The van der Waals surface area contributed by atoms with Gasteiger partial charge >= 0.3 is 0 Å². The average molecular weight is 272 g/mol. The maximum absolute atomic E-state index is 12.3. The minimum atomic E-state index is -0.0823. The Morgan fingerprint density at radius 3 is 2.70 bits per heavy atom. The Bertz CT molecular complexity index is 551. The summed E-state index contributed by atoms with van der Waals surface area (Å²) in [6, 6.07) is 3.83. The van der Waals surface area contributed by atoms with E-state index in [0.717, 1.165) is 12.8 Å². The number of carbonyl (C=O) groups excluding carboxylic acids is 1. The molecule has 0 saturated heterocycles. The van der Waals surface area contributed by atoms with Crippen LogP contribution < -0.4 is 5.32 Å². The highest BCUT2D eigenvalue weighted by Crippen LogP contribution is 2.17. The summed E-state index contributed by atoms with van der Waals surface area (Å²) in [5, 5.41) is 7.38. The first kappa shape index (κ1) is 13.1. The SMILES string of the molecule is O=C(NC1CCCCCCC1)c1cc2ncccn2n1. The average Bonchev–Trinajstić information content (AvgIpc) is 2.85. The van der Waals surface area contributed by atoms with Gasteiger partial charge in [0.1, 0.15) is 0 Å². The summed E-state index contributed by atoms with van der Waals surface area (Å²) in [4.78, 5) is 16.4. The molecule has 1 amide bonds. The lowest BCUT2D eigenvalue weighted by atomic mass is 9.96. The second-order valence-electron chi connectivity index (χ2n) is 5.47. The molecule has 0 unspecified atom stereocenters. The number of nitrogens with one attached hydrogen (secondary N) is 1. The molecule has 1 N–H and O–H groups in total. The molecule has 106 valence electrons. The summed E-state index contributed by atoms with van der Waals surface area (Å²) in [5.41, 5.74) is 1.15. The smallest absolute Gasteiger partial charge is 0.272 e. The molecule has 0 radical (unpaired) electrons. The van der Waals surface area contributed by atoms with Crippen LogP contribution in [0.4, 0.5) is 0 Å². The molecule has 20 heavy (non-hydrogen) atoms. The lowest BCUT2D eigenvalue weighted by Crippen LogP contribution is -2.35. The second kappa shape index (κ2) is 6.03. The van der Waals surface area contributed by atoms with E-state index >= 15 is 0 Å². The summed E-state index contributed by atoms with van der Waals surface area (Å²) < 4.78 is 1.63. The molecule has 1 aliphatic rings. The molecular weight excluding hydrogens is 252 g/mol. The summed E-state index contributed by atoms with van der Waals surface area (Å²) in [6.07, 6.45) is 12.0. The lowest BCUT2D eigenvalue weighted by molar-refractivity contribution is 0.0925. The maximum atomic E-state index is 12.3. The van der Waals surface area contributed by atoms with Crippen molar-refractivity contribution in [2.75, 3.05) is 0 Å². The topological polar surface area (TPSA) is 59.3 Å². The first-order valence-electron chi connectivity index (χ1n) is 7.44. The van der Waals surface area contributed by atoms with Gasteiger partial charge in [0, 0.05) is 24.5 Å². The highest BCUT2D eigenvalue weighted by molar-refractivity contribution is 5.93. The van der Waals surface area contributed by atoms with Crippen LogP contribution in [0, 0.1) is 0 Å². The molecule has 2 aromatic rings. The van der Waals surface area contributed by atoms with E-state index in [9.17, 15) is 4.79 Å². The Morgan fingerprint density at radius 2 is 1.95 bits per heavy atom. The van der Waals surface area contributed by atoms with Gasteiger partial charge in [-0.2, -0.15) is 5.10 Å². The van der Waals surface area contributed by atoms with Gasteiger partial charge in [0.05, 0.1) is 0 Å². The van der Waals surface area contributed by atoms with Crippen molar-refractivity contribution < 1.29 is 4.79 Å². The van der Waals surface area contributed by atoms with E-state index < -0.39 is 0 Å². The zero-order valence-corrected chi connectivity index (χ0v) is 11.6. The number of amides is 1. The van der Waals surface area contributed by atoms with Gasteiger partial charge in [0.15, 0.2) is 11.3 Å². The third-order valence-corrected chi connectivity index (χ3v) is 3.91. The number of rotatable bonds is 2. The third kappa shape index (κ3) is 2.98. The van der Waals surface area contributed by atoms with Crippen LogP contribution in [0.2, 0.25) is 0 Å². The molecule has 1 fully saturated rings. The number of nitrogens with zero attached hydrogens (tertiary/aromatic N) is 3. The van der Waals surface area contributed by atoms with Gasteiger partial charge in [-0.15, -0.1) is 0 Å². The fourth-order valence-corrected chi connectivity index (χ4v) is 2.80. The van der Waals surface area contributed by atoms with Crippen molar-refractivity contribution in [1.82, 2.24) is 19.9 Å². The standard InChI is InChI=1S/C15H20N4O/c20-15(17-12-7-4-2-1-3-5-8-12)13-11-14-16-9-6-10-19(14)18-13/h6,9-12H,1-5,7-8H2,(H,17,20). The molecule has 2 heterocycles. The first-order valence-corrected chi connectivity index (χ1v) is 7.44. The zero-order valence-electron chi connectivity index (χ0n) is 11.6. The van der Waals surface area contributed by atoms with Gasteiger partial charge < -0.3 is 5.32 Å². The van der Waals surface area contributed by atoms with E-state index in [2.05, 4.69) is 15.4 Å². The van der Waals surface area contributed by atoms with Crippen LogP contribution in [0.25, 0.3) is 5.65 Å². The van der Waals surface area contributed by atoms with Crippen LogP contribution in [0.15, 0.2) is 24.5 Å². The largest absolute Gasteiger partial charge is 0.348 e. The summed E-state index contributed by atoms with van der Waals surface area (Å²) >= 11 is 0. The van der Waals surface area contributed by atoms with Crippen molar-refractivity contribution in [1.29, 1.82) is 0 Å². The number of hydrogen-bond acceptors (Lipinski definition) is 3. The Hall–Kier alpha value is -1.91. The van der Waals surface area contributed by atoms with Crippen molar-refractivity contribution in [3.8, 4) is 0 Å². The molecule has 1 saturated carbocycles. The van der Waals surface area contributed by atoms with E-state index in [1.807, 2.05) is 0 Å². The van der Waals surface area contributed by atoms with Crippen LogP contribution in [0.1, 0.15) is 55.4 Å².